The van der Waals surface area contributed by atoms with E-state index in [9.17, 15) is 9.59 Å². The molecule has 0 radical (unpaired) electrons. The maximum absolute atomic E-state index is 12.6. The lowest BCUT2D eigenvalue weighted by molar-refractivity contribution is -0.142. The number of nitrogens with one attached hydrogen (secondary N) is 1. The molecule has 0 saturated heterocycles. The van der Waals surface area contributed by atoms with Gasteiger partial charge in [-0.2, -0.15) is 0 Å². The van der Waals surface area contributed by atoms with E-state index < -0.39 is 5.25 Å². The maximum Gasteiger partial charge on any atom is 0.319 e. The Hall–Kier alpha value is -3.33. The Morgan fingerprint density at radius 3 is 2.47 bits per heavy atom. The fourth-order valence-corrected chi connectivity index (χ4v) is 3.80. The summed E-state index contributed by atoms with van der Waals surface area (Å²) in [5.74, 6) is 0.743. The van der Waals surface area contributed by atoms with E-state index in [1.165, 1.54) is 11.8 Å². The van der Waals surface area contributed by atoms with Crippen LogP contribution in [-0.2, 0) is 22.6 Å². The zero-order valence-corrected chi connectivity index (χ0v) is 19.1. The number of thioether (sulfide) groups is 1. The van der Waals surface area contributed by atoms with Crippen LogP contribution in [-0.4, -0.2) is 45.6 Å². The van der Waals surface area contributed by atoms with Gasteiger partial charge < -0.3 is 19.4 Å². The summed E-state index contributed by atoms with van der Waals surface area (Å²) in [6.45, 7) is 4.58. The Kier molecular flexibility index (Phi) is 8.27. The van der Waals surface area contributed by atoms with E-state index in [0.29, 0.717) is 35.4 Å². The van der Waals surface area contributed by atoms with Gasteiger partial charge in [0.05, 0.1) is 26.8 Å². The lowest BCUT2D eigenvalue weighted by Crippen LogP contribution is -2.25. The monoisotopic (exact) mass is 454 g/mol. The standard InChI is InChI=1S/C23H26N4O4S/c1-4-31-22(29)16(2)32-23-26-25-20(27(23)15-17-8-6-5-7-9-17)14-24-21(28)18-10-12-19(30-3)13-11-18/h5-13,16H,4,14-15H2,1-3H3,(H,24,28). The van der Waals surface area contributed by atoms with E-state index in [0.717, 1.165) is 5.56 Å². The van der Waals surface area contributed by atoms with Gasteiger partial charge in [-0.3, -0.25) is 9.59 Å². The van der Waals surface area contributed by atoms with Crippen molar-refractivity contribution in [2.45, 2.75) is 37.3 Å². The fraction of sp³-hybridized carbons (Fsp3) is 0.304. The normalized spacial score (nSPS) is 11.6. The zero-order chi connectivity index (χ0) is 22.9. The molecule has 1 amide bonds. The summed E-state index contributed by atoms with van der Waals surface area (Å²) < 4.78 is 12.1. The summed E-state index contributed by atoms with van der Waals surface area (Å²) in [5, 5.41) is 11.6. The van der Waals surface area contributed by atoms with E-state index in [4.69, 9.17) is 9.47 Å². The molecule has 0 aliphatic rings. The molecule has 0 aliphatic heterocycles. The molecule has 2 aromatic carbocycles. The first-order chi connectivity index (χ1) is 15.5. The summed E-state index contributed by atoms with van der Waals surface area (Å²) in [5.41, 5.74) is 1.58. The van der Waals surface area contributed by atoms with Gasteiger partial charge in [0.1, 0.15) is 11.0 Å². The van der Waals surface area contributed by atoms with Crippen LogP contribution >= 0.6 is 11.8 Å². The van der Waals surface area contributed by atoms with Gasteiger partial charge in [0.15, 0.2) is 11.0 Å². The quantitative estimate of drug-likeness (QED) is 0.371. The highest BCUT2D eigenvalue weighted by molar-refractivity contribution is 8.00. The van der Waals surface area contributed by atoms with E-state index in [-0.39, 0.29) is 18.4 Å². The van der Waals surface area contributed by atoms with Gasteiger partial charge in [0.2, 0.25) is 0 Å². The minimum atomic E-state index is -0.435. The minimum Gasteiger partial charge on any atom is -0.497 e. The average molecular weight is 455 g/mol. The van der Waals surface area contributed by atoms with Gasteiger partial charge in [-0.25, -0.2) is 0 Å². The van der Waals surface area contributed by atoms with Gasteiger partial charge in [0.25, 0.3) is 5.91 Å². The number of methoxy groups -OCH3 is 1. The number of hydrogen-bond donors (Lipinski definition) is 1. The molecule has 0 saturated carbocycles. The third-order valence-electron chi connectivity index (χ3n) is 4.64. The summed E-state index contributed by atoms with van der Waals surface area (Å²) in [4.78, 5) is 24.6. The number of esters is 1. The summed E-state index contributed by atoms with van der Waals surface area (Å²) in [6, 6.07) is 16.7. The molecule has 1 aromatic heterocycles. The van der Waals surface area contributed by atoms with Crippen molar-refractivity contribution < 1.29 is 19.1 Å². The van der Waals surface area contributed by atoms with Gasteiger partial charge in [-0.1, -0.05) is 42.1 Å². The highest BCUT2D eigenvalue weighted by atomic mass is 32.2. The topological polar surface area (TPSA) is 95.3 Å². The van der Waals surface area contributed by atoms with Crippen LogP contribution in [0.1, 0.15) is 35.6 Å². The average Bonchev–Trinajstić information content (AvgIpc) is 3.19. The summed E-state index contributed by atoms with van der Waals surface area (Å²) >= 11 is 1.28. The highest BCUT2D eigenvalue weighted by Crippen LogP contribution is 2.24. The van der Waals surface area contributed by atoms with Gasteiger partial charge in [-0.05, 0) is 43.7 Å². The second-order valence-electron chi connectivity index (χ2n) is 6.89. The van der Waals surface area contributed by atoms with Crippen molar-refractivity contribution in [3.63, 3.8) is 0 Å². The Morgan fingerprint density at radius 1 is 1.09 bits per heavy atom. The van der Waals surface area contributed by atoms with Crippen molar-refractivity contribution in [3.05, 3.63) is 71.5 Å². The Balaban J connectivity index is 1.77. The number of amides is 1. The van der Waals surface area contributed by atoms with Gasteiger partial charge in [0, 0.05) is 5.56 Å². The van der Waals surface area contributed by atoms with Gasteiger partial charge >= 0.3 is 5.97 Å². The second-order valence-corrected chi connectivity index (χ2v) is 8.20. The molecule has 0 aliphatic carbocycles. The Morgan fingerprint density at radius 2 is 1.81 bits per heavy atom. The molecule has 3 rings (SSSR count). The van der Waals surface area contributed by atoms with Crippen molar-refractivity contribution >= 4 is 23.6 Å². The van der Waals surface area contributed by atoms with Gasteiger partial charge in [-0.15, -0.1) is 10.2 Å². The number of ether oxygens (including phenoxy) is 2. The molecule has 9 heteroatoms. The van der Waals surface area contributed by atoms with Crippen LogP contribution < -0.4 is 10.1 Å². The predicted molar refractivity (Wildman–Crippen MR) is 122 cm³/mol. The number of nitrogens with zero attached hydrogens (tertiary/aromatic N) is 3. The first-order valence-electron chi connectivity index (χ1n) is 10.2. The lowest BCUT2D eigenvalue weighted by Gasteiger charge is -2.13. The Labute approximate surface area is 191 Å². The molecule has 0 bridgehead atoms. The SMILES string of the molecule is CCOC(=O)C(C)Sc1nnc(CNC(=O)c2ccc(OC)cc2)n1Cc1ccccc1. The predicted octanol–water partition coefficient (Wildman–Crippen LogP) is 3.31. The smallest absolute Gasteiger partial charge is 0.319 e. The third-order valence-corrected chi connectivity index (χ3v) is 5.70. The number of aromatic nitrogens is 3. The van der Waals surface area contributed by atoms with Crippen LogP contribution in [0.15, 0.2) is 59.8 Å². The number of hydrogen-bond acceptors (Lipinski definition) is 7. The first-order valence-corrected chi connectivity index (χ1v) is 11.1. The zero-order valence-electron chi connectivity index (χ0n) is 18.3. The van der Waals surface area contributed by atoms with Crippen molar-refractivity contribution in [1.82, 2.24) is 20.1 Å². The van der Waals surface area contributed by atoms with E-state index in [1.807, 2.05) is 34.9 Å². The van der Waals surface area contributed by atoms with Crippen molar-refractivity contribution in [3.8, 4) is 5.75 Å². The summed E-state index contributed by atoms with van der Waals surface area (Å²) in [6.07, 6.45) is 0. The Bertz CT molecular complexity index is 1040. The van der Waals surface area contributed by atoms with Crippen LogP contribution in [0, 0.1) is 0 Å². The second kappa shape index (κ2) is 11.3. The van der Waals surface area contributed by atoms with Crippen molar-refractivity contribution in [2.75, 3.05) is 13.7 Å². The molecule has 1 atom stereocenters. The van der Waals surface area contributed by atoms with Crippen molar-refractivity contribution in [1.29, 1.82) is 0 Å². The molecule has 1 N–H and O–H groups in total. The molecule has 0 spiro atoms. The molecule has 3 aromatic rings. The first kappa shape index (κ1) is 23.3. The number of rotatable bonds is 10. The van der Waals surface area contributed by atoms with E-state index in [2.05, 4.69) is 15.5 Å². The molecule has 1 heterocycles. The minimum absolute atomic E-state index is 0.193. The van der Waals surface area contributed by atoms with Crippen LogP contribution in [0.5, 0.6) is 5.75 Å². The third kappa shape index (κ3) is 6.10. The molecular weight excluding hydrogens is 428 g/mol. The van der Waals surface area contributed by atoms with E-state index >= 15 is 0 Å². The largest absolute Gasteiger partial charge is 0.497 e. The van der Waals surface area contributed by atoms with Crippen LogP contribution in [0.4, 0.5) is 0 Å². The van der Waals surface area contributed by atoms with Crippen LogP contribution in [0.25, 0.3) is 0 Å². The molecule has 32 heavy (non-hydrogen) atoms. The molecule has 0 fully saturated rings. The maximum atomic E-state index is 12.6. The van der Waals surface area contributed by atoms with Crippen LogP contribution in [0.2, 0.25) is 0 Å². The summed E-state index contributed by atoms with van der Waals surface area (Å²) in [7, 11) is 1.58. The fourth-order valence-electron chi connectivity index (χ4n) is 2.93. The van der Waals surface area contributed by atoms with Crippen molar-refractivity contribution in [2.24, 2.45) is 0 Å². The number of carbonyl (C=O) groups is 2. The number of carbonyl (C=O) groups excluding carboxylic acids is 2. The lowest BCUT2D eigenvalue weighted by atomic mass is 10.2. The number of benzene rings is 2. The molecular formula is C23H26N4O4S. The van der Waals surface area contributed by atoms with Crippen LogP contribution in [0.3, 0.4) is 0 Å². The highest BCUT2D eigenvalue weighted by Gasteiger charge is 2.21. The molecule has 168 valence electrons. The van der Waals surface area contributed by atoms with E-state index in [1.54, 1.807) is 45.2 Å². The molecule has 1 unspecified atom stereocenters. The molecule has 8 nitrogen and oxygen atoms in total.